The van der Waals surface area contributed by atoms with Gasteiger partial charge >= 0.3 is 5.97 Å². The molecular weight excluding hydrogens is 470 g/mol. The van der Waals surface area contributed by atoms with E-state index in [0.717, 1.165) is 22.5 Å². The molecule has 1 aliphatic rings. The third kappa shape index (κ3) is 4.03. The fourth-order valence-electron chi connectivity index (χ4n) is 3.58. The SMILES string of the molecule is COC(=O)c1c(S(=O)(=O)Nc2cccc(C)c2C)sc2c1CCN(C(=O)c1cncs1)C2. The van der Waals surface area contributed by atoms with E-state index in [2.05, 4.69) is 9.71 Å². The van der Waals surface area contributed by atoms with Crippen LogP contribution < -0.4 is 4.72 Å². The number of anilines is 1. The predicted molar refractivity (Wildman–Crippen MR) is 123 cm³/mol. The molecule has 0 aliphatic carbocycles. The van der Waals surface area contributed by atoms with Gasteiger partial charge in [-0.25, -0.2) is 13.2 Å². The summed E-state index contributed by atoms with van der Waals surface area (Å²) in [5, 5.41) is 0. The number of aromatic nitrogens is 1. The van der Waals surface area contributed by atoms with Crippen LogP contribution in [0.25, 0.3) is 0 Å². The maximum atomic E-state index is 13.3. The number of amides is 1. The van der Waals surface area contributed by atoms with Gasteiger partial charge in [0.25, 0.3) is 15.9 Å². The Morgan fingerprint density at radius 2 is 2.03 bits per heavy atom. The molecule has 0 spiro atoms. The first-order chi connectivity index (χ1) is 15.2. The Morgan fingerprint density at radius 3 is 2.72 bits per heavy atom. The molecule has 0 fully saturated rings. The number of thiophene rings is 1. The number of hydrogen-bond donors (Lipinski definition) is 1. The molecule has 1 amide bonds. The minimum Gasteiger partial charge on any atom is -0.465 e. The lowest BCUT2D eigenvalue weighted by Gasteiger charge is -2.26. The first kappa shape index (κ1) is 22.4. The topological polar surface area (TPSA) is 106 Å². The monoisotopic (exact) mass is 491 g/mol. The molecule has 3 aromatic rings. The lowest BCUT2D eigenvalue weighted by atomic mass is 10.0. The van der Waals surface area contributed by atoms with Crippen molar-refractivity contribution in [3.05, 3.63) is 61.9 Å². The lowest BCUT2D eigenvalue weighted by molar-refractivity contribution is 0.0595. The molecule has 2 aromatic heterocycles. The Hall–Kier alpha value is -2.76. The standard InChI is InChI=1S/C21H21N3O5S3/c1-12-5-4-6-15(13(12)2)23-32(27,28)21-18(20(26)29-3)14-7-8-24(10-17(14)31-21)19(25)16-9-22-11-30-16/h4-6,9,11,23H,7-8,10H2,1-3H3. The van der Waals surface area contributed by atoms with Gasteiger partial charge in [-0.15, -0.1) is 22.7 Å². The van der Waals surface area contributed by atoms with Crippen LogP contribution in [0, 0.1) is 13.8 Å². The number of fused-ring (bicyclic) bond motifs is 1. The fourth-order valence-corrected chi connectivity index (χ4v) is 7.19. The zero-order chi connectivity index (χ0) is 23.0. The van der Waals surface area contributed by atoms with Crippen LogP contribution in [0.4, 0.5) is 5.69 Å². The molecule has 4 rings (SSSR count). The van der Waals surface area contributed by atoms with Crippen molar-refractivity contribution in [1.82, 2.24) is 9.88 Å². The summed E-state index contributed by atoms with van der Waals surface area (Å²) in [5.41, 5.74) is 4.47. The zero-order valence-electron chi connectivity index (χ0n) is 17.7. The largest absolute Gasteiger partial charge is 0.465 e. The van der Waals surface area contributed by atoms with Crippen molar-refractivity contribution in [3.8, 4) is 0 Å². The number of thiazole rings is 1. The van der Waals surface area contributed by atoms with Gasteiger partial charge in [-0.2, -0.15) is 0 Å². The van der Waals surface area contributed by atoms with E-state index in [-0.39, 0.29) is 22.2 Å². The predicted octanol–water partition coefficient (Wildman–Crippen LogP) is 3.61. The maximum absolute atomic E-state index is 13.3. The molecular formula is C21H21N3O5S3. The molecule has 0 radical (unpaired) electrons. The summed E-state index contributed by atoms with van der Waals surface area (Å²) in [6, 6.07) is 5.34. The number of hydrogen-bond acceptors (Lipinski definition) is 8. The number of nitrogens with zero attached hydrogens (tertiary/aromatic N) is 2. The second-order valence-corrected chi connectivity index (χ2v) is 11.2. The molecule has 0 saturated heterocycles. The summed E-state index contributed by atoms with van der Waals surface area (Å²) in [7, 11) is -2.83. The maximum Gasteiger partial charge on any atom is 0.340 e. The van der Waals surface area contributed by atoms with Crippen LogP contribution in [0.1, 0.15) is 41.6 Å². The van der Waals surface area contributed by atoms with Gasteiger partial charge in [-0.05, 0) is 43.0 Å². The molecule has 0 atom stereocenters. The van der Waals surface area contributed by atoms with Crippen LogP contribution in [-0.4, -0.2) is 43.8 Å². The Kier molecular flexibility index (Phi) is 6.06. The summed E-state index contributed by atoms with van der Waals surface area (Å²) in [4.78, 5) is 32.1. The Morgan fingerprint density at radius 1 is 1.25 bits per heavy atom. The summed E-state index contributed by atoms with van der Waals surface area (Å²) < 4.78 is 34.1. The number of ether oxygens (including phenoxy) is 1. The summed E-state index contributed by atoms with van der Waals surface area (Å²) in [6.07, 6.45) is 1.88. The van der Waals surface area contributed by atoms with E-state index < -0.39 is 16.0 Å². The van der Waals surface area contributed by atoms with Gasteiger partial charge in [0.1, 0.15) is 4.88 Å². The molecule has 0 bridgehead atoms. The molecule has 168 valence electrons. The van der Waals surface area contributed by atoms with Crippen LogP contribution in [0.2, 0.25) is 0 Å². The molecule has 3 heterocycles. The lowest BCUT2D eigenvalue weighted by Crippen LogP contribution is -2.35. The third-order valence-corrected chi connectivity index (χ3v) is 9.30. The van der Waals surface area contributed by atoms with Crippen LogP contribution in [0.15, 0.2) is 34.1 Å². The molecule has 8 nitrogen and oxygen atoms in total. The van der Waals surface area contributed by atoms with Crippen molar-refractivity contribution < 1.29 is 22.7 Å². The van der Waals surface area contributed by atoms with Crippen molar-refractivity contribution in [2.45, 2.75) is 31.0 Å². The number of carbonyl (C=O) groups is 2. The van der Waals surface area contributed by atoms with E-state index in [9.17, 15) is 18.0 Å². The van der Waals surface area contributed by atoms with Gasteiger partial charge in [0, 0.05) is 11.4 Å². The van der Waals surface area contributed by atoms with E-state index in [4.69, 9.17) is 4.74 Å². The number of rotatable bonds is 5. The molecule has 1 aromatic carbocycles. The van der Waals surface area contributed by atoms with E-state index in [1.165, 1.54) is 24.6 Å². The first-order valence-corrected chi connectivity index (χ1v) is 12.9. The molecule has 11 heteroatoms. The number of methoxy groups -OCH3 is 1. The van der Waals surface area contributed by atoms with Crippen molar-refractivity contribution >= 4 is 50.3 Å². The number of nitrogens with one attached hydrogen (secondary N) is 1. The van der Waals surface area contributed by atoms with Gasteiger partial charge in [0.15, 0.2) is 4.21 Å². The number of esters is 1. The minimum atomic E-state index is -4.06. The first-order valence-electron chi connectivity index (χ1n) is 9.72. The highest BCUT2D eigenvalue weighted by atomic mass is 32.2. The quantitative estimate of drug-likeness (QED) is 0.547. The summed E-state index contributed by atoms with van der Waals surface area (Å²) in [5.74, 6) is -0.866. The highest BCUT2D eigenvalue weighted by molar-refractivity contribution is 7.94. The van der Waals surface area contributed by atoms with Gasteiger partial charge in [0.05, 0.1) is 36.6 Å². The van der Waals surface area contributed by atoms with Crippen LogP contribution >= 0.6 is 22.7 Å². The van der Waals surface area contributed by atoms with Gasteiger partial charge in [0.2, 0.25) is 0 Å². The van der Waals surface area contributed by atoms with Gasteiger partial charge < -0.3 is 9.64 Å². The minimum absolute atomic E-state index is 0.0511. The molecule has 1 N–H and O–H groups in total. The number of sulfonamides is 1. The average molecular weight is 492 g/mol. The molecule has 32 heavy (non-hydrogen) atoms. The van der Waals surface area contributed by atoms with E-state index >= 15 is 0 Å². The van der Waals surface area contributed by atoms with Crippen LogP contribution in [0.5, 0.6) is 0 Å². The van der Waals surface area contributed by atoms with Crippen molar-refractivity contribution in [3.63, 3.8) is 0 Å². The van der Waals surface area contributed by atoms with E-state index in [1.54, 1.807) is 22.5 Å². The number of carbonyl (C=O) groups excluding carboxylic acids is 2. The molecule has 0 saturated carbocycles. The second-order valence-electron chi connectivity index (χ2n) is 7.35. The highest BCUT2D eigenvalue weighted by Gasteiger charge is 2.35. The normalized spacial score (nSPS) is 13.5. The van der Waals surface area contributed by atoms with Crippen molar-refractivity contribution in [2.75, 3.05) is 18.4 Å². The number of aryl methyl sites for hydroxylation is 1. The van der Waals surface area contributed by atoms with Crippen molar-refractivity contribution in [1.29, 1.82) is 0 Å². The smallest absolute Gasteiger partial charge is 0.340 e. The fraction of sp³-hybridized carbons (Fsp3) is 0.286. The van der Waals surface area contributed by atoms with Gasteiger partial charge in [-0.3, -0.25) is 14.5 Å². The van der Waals surface area contributed by atoms with E-state index in [0.29, 0.717) is 34.0 Å². The van der Waals surface area contributed by atoms with Crippen LogP contribution in [-0.2, 0) is 27.7 Å². The Labute approximate surface area is 193 Å². The zero-order valence-corrected chi connectivity index (χ0v) is 20.1. The van der Waals surface area contributed by atoms with Crippen LogP contribution in [0.3, 0.4) is 0 Å². The van der Waals surface area contributed by atoms with Crippen molar-refractivity contribution in [2.24, 2.45) is 0 Å². The Balaban J connectivity index is 1.73. The number of benzene rings is 1. The molecule has 0 unspecified atom stereocenters. The summed E-state index contributed by atoms with van der Waals surface area (Å²) in [6.45, 7) is 4.32. The highest BCUT2D eigenvalue weighted by Crippen LogP contribution is 2.38. The van der Waals surface area contributed by atoms with Gasteiger partial charge in [-0.1, -0.05) is 12.1 Å². The van der Waals surface area contributed by atoms with E-state index in [1.807, 2.05) is 19.9 Å². The second kappa shape index (κ2) is 8.64. The summed E-state index contributed by atoms with van der Waals surface area (Å²) >= 11 is 2.25. The third-order valence-electron chi connectivity index (χ3n) is 5.44. The Bertz CT molecular complexity index is 1300. The average Bonchev–Trinajstić information content (AvgIpc) is 3.43. The molecule has 1 aliphatic heterocycles.